The first-order chi connectivity index (χ1) is 10.2. The van der Waals surface area contributed by atoms with Crippen LogP contribution in [0.2, 0.25) is 0 Å². The van der Waals surface area contributed by atoms with Crippen molar-refractivity contribution in [3.8, 4) is 0 Å². The van der Waals surface area contributed by atoms with Gasteiger partial charge in [0.25, 0.3) is 0 Å². The average molecular weight is 287 g/mol. The summed E-state index contributed by atoms with van der Waals surface area (Å²) in [7, 11) is 1.83. The lowest BCUT2D eigenvalue weighted by Gasteiger charge is -2.22. The van der Waals surface area contributed by atoms with Crippen molar-refractivity contribution in [1.29, 1.82) is 0 Å². The van der Waals surface area contributed by atoms with Crippen LogP contribution in [0.15, 0.2) is 18.7 Å². The lowest BCUT2D eigenvalue weighted by atomic mass is 9.96. The van der Waals surface area contributed by atoms with E-state index >= 15 is 0 Å². The van der Waals surface area contributed by atoms with Gasteiger partial charge in [-0.1, -0.05) is 0 Å². The highest BCUT2D eigenvalue weighted by Gasteiger charge is 2.22. The third-order valence-corrected chi connectivity index (χ3v) is 4.23. The Kier molecular flexibility index (Phi) is 3.77. The summed E-state index contributed by atoms with van der Waals surface area (Å²) in [5.74, 6) is 0.0700. The zero-order valence-corrected chi connectivity index (χ0v) is 12.5. The molecule has 1 aliphatic rings. The van der Waals surface area contributed by atoms with Gasteiger partial charge in [0.05, 0.1) is 18.6 Å². The van der Waals surface area contributed by atoms with Gasteiger partial charge in [-0.15, -0.1) is 0 Å². The van der Waals surface area contributed by atoms with E-state index < -0.39 is 0 Å². The number of aryl methyl sites for hydroxylation is 1. The number of aromatic nitrogens is 4. The molecule has 0 saturated carbocycles. The lowest BCUT2D eigenvalue weighted by Crippen LogP contribution is -2.32. The molecule has 0 radical (unpaired) electrons. The van der Waals surface area contributed by atoms with Gasteiger partial charge >= 0.3 is 0 Å². The van der Waals surface area contributed by atoms with Gasteiger partial charge in [-0.3, -0.25) is 9.89 Å². The molecule has 0 fully saturated rings. The number of H-pyrrole nitrogens is 1. The third kappa shape index (κ3) is 2.70. The first kappa shape index (κ1) is 13.9. The number of aromatic amines is 1. The predicted octanol–water partition coefficient (Wildman–Crippen LogP) is 1.70. The van der Waals surface area contributed by atoms with Crippen LogP contribution in [0, 0.1) is 0 Å². The highest BCUT2D eigenvalue weighted by atomic mass is 16.2. The summed E-state index contributed by atoms with van der Waals surface area (Å²) >= 11 is 0. The number of fused-ring (bicyclic) bond motifs is 1. The molecule has 21 heavy (non-hydrogen) atoms. The normalized spacial score (nSPS) is 15.5. The molecule has 3 rings (SSSR count). The third-order valence-electron chi connectivity index (χ3n) is 4.23. The smallest absolute Gasteiger partial charge is 0.245 e. The summed E-state index contributed by atoms with van der Waals surface area (Å²) in [6.45, 7) is 2.45. The molecule has 0 bridgehead atoms. The molecule has 1 amide bonds. The maximum absolute atomic E-state index is 12.5. The molecule has 0 aliphatic heterocycles. The van der Waals surface area contributed by atoms with Crippen LogP contribution in [-0.2, 0) is 24.2 Å². The van der Waals surface area contributed by atoms with E-state index in [9.17, 15) is 4.79 Å². The Bertz CT molecular complexity index is 616. The van der Waals surface area contributed by atoms with E-state index in [1.807, 2.05) is 24.7 Å². The molecule has 6 heteroatoms. The molecule has 2 aromatic rings. The van der Waals surface area contributed by atoms with Crippen molar-refractivity contribution in [1.82, 2.24) is 24.6 Å². The van der Waals surface area contributed by atoms with Crippen molar-refractivity contribution >= 4 is 5.91 Å². The SMILES string of the molecule is CC(C(=O)N(C)Cc1n[nH]c2c1CCCC2)n1ccnc1. The number of likely N-dealkylation sites (N-methyl/N-ethyl adjacent to an activating group) is 1. The summed E-state index contributed by atoms with van der Waals surface area (Å²) < 4.78 is 1.82. The molecule has 6 nitrogen and oxygen atoms in total. The number of carbonyl (C=O) groups excluding carboxylic acids is 1. The van der Waals surface area contributed by atoms with E-state index in [1.165, 1.54) is 24.1 Å². The van der Waals surface area contributed by atoms with Gasteiger partial charge in [0.2, 0.25) is 5.91 Å². The molecule has 2 aromatic heterocycles. The molecule has 1 atom stereocenters. The summed E-state index contributed by atoms with van der Waals surface area (Å²) in [4.78, 5) is 18.2. The second-order valence-electron chi connectivity index (χ2n) is 5.71. The lowest BCUT2D eigenvalue weighted by molar-refractivity contribution is -0.133. The number of carbonyl (C=O) groups is 1. The molecule has 0 saturated heterocycles. The van der Waals surface area contributed by atoms with Gasteiger partial charge in [-0.05, 0) is 38.2 Å². The highest BCUT2D eigenvalue weighted by Crippen LogP contribution is 2.23. The standard InChI is InChI=1S/C15H21N5O/c1-11(20-8-7-16-10-20)15(21)19(2)9-14-12-5-3-4-6-13(12)17-18-14/h7-8,10-11H,3-6,9H2,1-2H3,(H,17,18). The van der Waals surface area contributed by atoms with Crippen molar-refractivity contribution in [2.75, 3.05) is 7.05 Å². The summed E-state index contributed by atoms with van der Waals surface area (Å²) in [5.41, 5.74) is 3.58. The van der Waals surface area contributed by atoms with Crippen molar-refractivity contribution in [3.05, 3.63) is 35.7 Å². The maximum atomic E-state index is 12.5. The number of imidazole rings is 1. The van der Waals surface area contributed by atoms with E-state index in [1.54, 1.807) is 17.4 Å². The Hall–Kier alpha value is -2.11. The van der Waals surface area contributed by atoms with Gasteiger partial charge in [0, 0.05) is 25.1 Å². The second kappa shape index (κ2) is 5.71. The number of hydrogen-bond acceptors (Lipinski definition) is 3. The molecule has 1 N–H and O–H groups in total. The molecule has 1 unspecified atom stereocenters. The highest BCUT2D eigenvalue weighted by molar-refractivity contribution is 5.79. The fourth-order valence-corrected chi connectivity index (χ4v) is 2.93. The second-order valence-corrected chi connectivity index (χ2v) is 5.71. The van der Waals surface area contributed by atoms with E-state index in [-0.39, 0.29) is 11.9 Å². The van der Waals surface area contributed by atoms with Crippen molar-refractivity contribution < 1.29 is 4.79 Å². The van der Waals surface area contributed by atoms with Gasteiger partial charge < -0.3 is 9.47 Å². The average Bonchev–Trinajstić information content (AvgIpc) is 3.16. The zero-order chi connectivity index (χ0) is 14.8. The zero-order valence-electron chi connectivity index (χ0n) is 12.5. The maximum Gasteiger partial charge on any atom is 0.245 e. The Morgan fingerprint density at radius 3 is 3.05 bits per heavy atom. The minimum Gasteiger partial charge on any atom is -0.338 e. The fraction of sp³-hybridized carbons (Fsp3) is 0.533. The molecule has 112 valence electrons. The Balaban J connectivity index is 1.70. The summed E-state index contributed by atoms with van der Waals surface area (Å²) in [5, 5.41) is 7.53. The van der Waals surface area contributed by atoms with Crippen molar-refractivity contribution in [2.24, 2.45) is 0 Å². The Morgan fingerprint density at radius 2 is 2.29 bits per heavy atom. The molecular weight excluding hydrogens is 266 g/mol. The van der Waals surface area contributed by atoms with E-state index in [2.05, 4.69) is 15.2 Å². The van der Waals surface area contributed by atoms with Crippen LogP contribution >= 0.6 is 0 Å². The fourth-order valence-electron chi connectivity index (χ4n) is 2.93. The van der Waals surface area contributed by atoms with Crippen molar-refractivity contribution in [2.45, 2.75) is 45.2 Å². The van der Waals surface area contributed by atoms with Crippen LogP contribution in [0.5, 0.6) is 0 Å². The van der Waals surface area contributed by atoms with Crippen LogP contribution in [0.4, 0.5) is 0 Å². The number of amides is 1. The van der Waals surface area contributed by atoms with E-state index in [0.717, 1.165) is 18.5 Å². The van der Waals surface area contributed by atoms with Crippen LogP contribution < -0.4 is 0 Å². The molecular formula is C15H21N5O. The van der Waals surface area contributed by atoms with Crippen LogP contribution in [-0.4, -0.2) is 37.6 Å². The summed E-state index contributed by atoms with van der Waals surface area (Å²) in [6.07, 6.45) is 9.75. The Labute approximate surface area is 124 Å². The number of nitrogens with one attached hydrogen (secondary N) is 1. The number of nitrogens with zero attached hydrogens (tertiary/aromatic N) is 4. The first-order valence-electron chi connectivity index (χ1n) is 7.44. The quantitative estimate of drug-likeness (QED) is 0.930. The predicted molar refractivity (Wildman–Crippen MR) is 78.6 cm³/mol. The number of hydrogen-bond donors (Lipinski definition) is 1. The molecule has 0 aromatic carbocycles. The van der Waals surface area contributed by atoms with E-state index in [0.29, 0.717) is 6.54 Å². The van der Waals surface area contributed by atoms with Crippen molar-refractivity contribution in [3.63, 3.8) is 0 Å². The Morgan fingerprint density at radius 1 is 1.48 bits per heavy atom. The largest absolute Gasteiger partial charge is 0.338 e. The summed E-state index contributed by atoms with van der Waals surface area (Å²) in [6, 6.07) is -0.243. The van der Waals surface area contributed by atoms with Crippen LogP contribution in [0.3, 0.4) is 0 Å². The van der Waals surface area contributed by atoms with Crippen LogP contribution in [0.25, 0.3) is 0 Å². The van der Waals surface area contributed by atoms with E-state index in [4.69, 9.17) is 0 Å². The minimum atomic E-state index is -0.243. The minimum absolute atomic E-state index is 0.0700. The number of rotatable bonds is 4. The van der Waals surface area contributed by atoms with Gasteiger partial charge in [0.15, 0.2) is 0 Å². The molecule has 1 aliphatic carbocycles. The first-order valence-corrected chi connectivity index (χ1v) is 7.44. The van der Waals surface area contributed by atoms with Gasteiger partial charge in [-0.2, -0.15) is 5.10 Å². The monoisotopic (exact) mass is 287 g/mol. The van der Waals surface area contributed by atoms with Gasteiger partial charge in [-0.25, -0.2) is 4.98 Å². The van der Waals surface area contributed by atoms with Crippen LogP contribution in [0.1, 0.15) is 42.8 Å². The molecule has 0 spiro atoms. The van der Waals surface area contributed by atoms with Gasteiger partial charge in [0.1, 0.15) is 6.04 Å². The topological polar surface area (TPSA) is 66.8 Å². The molecule has 2 heterocycles.